The number of hydrogen-bond acceptors (Lipinski definition) is 5. The lowest BCUT2D eigenvalue weighted by Crippen LogP contribution is -2.15. The maximum Gasteiger partial charge on any atom is 0.451 e. The first-order valence-corrected chi connectivity index (χ1v) is 7.75. The van der Waals surface area contributed by atoms with Crippen molar-refractivity contribution < 1.29 is 26.3 Å². The molecule has 0 atom stereocenters. The Morgan fingerprint density at radius 1 is 0.963 bits per heavy atom. The van der Waals surface area contributed by atoms with Crippen LogP contribution in [0.3, 0.4) is 0 Å². The molecule has 3 aromatic heterocycles. The third-order valence-electron chi connectivity index (χ3n) is 3.88. The predicted molar refractivity (Wildman–Crippen MR) is 81.1 cm³/mol. The zero-order valence-electron chi connectivity index (χ0n) is 13.3. The lowest BCUT2D eigenvalue weighted by atomic mass is 10.3. The van der Waals surface area contributed by atoms with Gasteiger partial charge in [0.15, 0.2) is 17.0 Å². The molecule has 1 aliphatic carbocycles. The van der Waals surface area contributed by atoms with Crippen molar-refractivity contribution in [2.75, 3.05) is 5.32 Å². The van der Waals surface area contributed by atoms with Crippen molar-refractivity contribution >= 4 is 17.0 Å². The van der Waals surface area contributed by atoms with Crippen LogP contribution in [0.15, 0.2) is 24.7 Å². The van der Waals surface area contributed by atoms with Gasteiger partial charge in [0.25, 0.3) is 0 Å². The SMILES string of the molecule is FC(F)(F)c1ccc(-n2cnc3c(NC4CC4)nc(C(F)(F)F)nc32)cn1. The number of fused-ring (bicyclic) bond motifs is 1. The molecule has 0 radical (unpaired) electrons. The molecule has 0 spiro atoms. The molecule has 27 heavy (non-hydrogen) atoms. The molecule has 0 bridgehead atoms. The largest absolute Gasteiger partial charge is 0.451 e. The monoisotopic (exact) mass is 388 g/mol. The van der Waals surface area contributed by atoms with Gasteiger partial charge >= 0.3 is 12.4 Å². The Labute approximate surface area is 147 Å². The fraction of sp³-hybridized carbons (Fsp3) is 0.333. The Bertz CT molecular complexity index is 987. The lowest BCUT2D eigenvalue weighted by Gasteiger charge is -2.11. The van der Waals surface area contributed by atoms with Gasteiger partial charge < -0.3 is 5.32 Å². The fourth-order valence-corrected chi connectivity index (χ4v) is 2.43. The fourth-order valence-electron chi connectivity index (χ4n) is 2.43. The van der Waals surface area contributed by atoms with E-state index >= 15 is 0 Å². The number of imidazole rings is 1. The third kappa shape index (κ3) is 3.38. The van der Waals surface area contributed by atoms with Crippen molar-refractivity contribution in [1.29, 1.82) is 0 Å². The van der Waals surface area contributed by atoms with Gasteiger partial charge in [0, 0.05) is 6.04 Å². The Hall–Kier alpha value is -2.92. The van der Waals surface area contributed by atoms with Crippen LogP contribution in [0.25, 0.3) is 16.9 Å². The minimum absolute atomic E-state index is 0.0158. The van der Waals surface area contributed by atoms with Crippen molar-refractivity contribution in [1.82, 2.24) is 24.5 Å². The van der Waals surface area contributed by atoms with Crippen LogP contribution < -0.4 is 5.32 Å². The van der Waals surface area contributed by atoms with Crippen LogP contribution in [0.1, 0.15) is 24.4 Å². The van der Waals surface area contributed by atoms with Gasteiger partial charge in [-0.15, -0.1) is 0 Å². The van der Waals surface area contributed by atoms with Gasteiger partial charge in [0.1, 0.15) is 12.0 Å². The molecule has 0 aromatic carbocycles. The second-order valence-electron chi connectivity index (χ2n) is 6.00. The maximum atomic E-state index is 13.2. The lowest BCUT2D eigenvalue weighted by molar-refractivity contribution is -0.144. The van der Waals surface area contributed by atoms with E-state index in [1.165, 1.54) is 6.33 Å². The van der Waals surface area contributed by atoms with Gasteiger partial charge in [0.05, 0.1) is 11.9 Å². The number of nitrogens with zero attached hydrogens (tertiary/aromatic N) is 5. The van der Waals surface area contributed by atoms with Gasteiger partial charge in [-0.1, -0.05) is 0 Å². The Balaban J connectivity index is 1.84. The van der Waals surface area contributed by atoms with Crippen LogP contribution in [0.5, 0.6) is 0 Å². The molecule has 6 nitrogen and oxygen atoms in total. The summed E-state index contributed by atoms with van der Waals surface area (Å²) >= 11 is 0. The third-order valence-corrected chi connectivity index (χ3v) is 3.88. The van der Waals surface area contributed by atoms with Crippen molar-refractivity contribution in [3.63, 3.8) is 0 Å². The van der Waals surface area contributed by atoms with Crippen LogP contribution in [0.4, 0.5) is 32.2 Å². The van der Waals surface area contributed by atoms with E-state index in [0.29, 0.717) is 0 Å². The molecule has 0 saturated heterocycles. The summed E-state index contributed by atoms with van der Waals surface area (Å²) in [5, 5.41) is 2.87. The molecule has 1 aliphatic rings. The average Bonchev–Trinajstić information content (AvgIpc) is 3.29. The predicted octanol–water partition coefficient (Wildman–Crippen LogP) is 3.82. The van der Waals surface area contributed by atoms with E-state index in [1.807, 2.05) is 0 Å². The van der Waals surface area contributed by atoms with E-state index in [-0.39, 0.29) is 28.7 Å². The van der Waals surface area contributed by atoms with E-state index < -0.39 is 23.9 Å². The highest BCUT2D eigenvalue weighted by Crippen LogP contribution is 2.33. The highest BCUT2D eigenvalue weighted by atomic mass is 19.4. The maximum absolute atomic E-state index is 13.2. The highest BCUT2D eigenvalue weighted by Gasteiger charge is 2.37. The number of anilines is 1. The summed E-state index contributed by atoms with van der Waals surface area (Å²) in [4.78, 5) is 14.4. The van der Waals surface area contributed by atoms with Crippen LogP contribution >= 0.6 is 0 Å². The van der Waals surface area contributed by atoms with E-state index in [9.17, 15) is 26.3 Å². The van der Waals surface area contributed by atoms with E-state index in [4.69, 9.17) is 0 Å². The van der Waals surface area contributed by atoms with Crippen LogP contribution in [0, 0.1) is 0 Å². The second kappa shape index (κ2) is 5.79. The highest BCUT2D eigenvalue weighted by molar-refractivity contribution is 5.84. The zero-order valence-corrected chi connectivity index (χ0v) is 13.3. The molecular formula is C15H10F6N6. The molecule has 0 amide bonds. The average molecular weight is 388 g/mol. The molecule has 1 N–H and O–H groups in total. The van der Waals surface area contributed by atoms with E-state index in [2.05, 4.69) is 25.3 Å². The van der Waals surface area contributed by atoms with Crippen molar-refractivity contribution in [2.45, 2.75) is 31.2 Å². The molecule has 3 aromatic rings. The number of nitrogens with one attached hydrogen (secondary N) is 1. The van der Waals surface area contributed by atoms with E-state index in [0.717, 1.165) is 35.7 Å². The van der Waals surface area contributed by atoms with Crippen molar-refractivity contribution in [3.8, 4) is 5.69 Å². The summed E-state index contributed by atoms with van der Waals surface area (Å²) in [5.74, 6) is -1.42. The summed E-state index contributed by atoms with van der Waals surface area (Å²) in [7, 11) is 0. The van der Waals surface area contributed by atoms with Gasteiger partial charge in [-0.25, -0.2) is 19.9 Å². The molecule has 4 rings (SSSR count). The number of pyridine rings is 1. The molecule has 0 unspecified atom stereocenters. The smallest absolute Gasteiger partial charge is 0.365 e. The first-order chi connectivity index (χ1) is 12.6. The molecule has 3 heterocycles. The standard InChI is InChI=1S/C15H10F6N6/c16-14(17,18)9-4-3-8(5-22-9)27-6-23-10-11(24-7-1-2-7)25-13(15(19,20)21)26-12(10)27/h3-7H,1-2H2,(H,24,25,26). The summed E-state index contributed by atoms with van der Waals surface area (Å²) in [6.07, 6.45) is -5.74. The molecule has 12 heteroatoms. The Kier molecular flexibility index (Phi) is 3.75. The quantitative estimate of drug-likeness (QED) is 0.691. The van der Waals surface area contributed by atoms with Gasteiger partial charge in [0.2, 0.25) is 5.82 Å². The number of hydrogen-bond donors (Lipinski definition) is 1. The van der Waals surface area contributed by atoms with Crippen LogP contribution in [0.2, 0.25) is 0 Å². The zero-order chi connectivity index (χ0) is 19.4. The minimum atomic E-state index is -4.79. The summed E-state index contributed by atoms with van der Waals surface area (Å²) in [5.41, 5.74) is -1.11. The number of rotatable bonds is 3. The molecule has 1 saturated carbocycles. The minimum Gasteiger partial charge on any atom is -0.365 e. The summed E-state index contributed by atoms with van der Waals surface area (Å²) in [6, 6.07) is 1.83. The van der Waals surface area contributed by atoms with Crippen LogP contribution in [-0.2, 0) is 12.4 Å². The number of aromatic nitrogens is 5. The number of alkyl halides is 6. The first-order valence-electron chi connectivity index (χ1n) is 7.75. The molecule has 0 aliphatic heterocycles. The van der Waals surface area contributed by atoms with Crippen molar-refractivity contribution in [2.24, 2.45) is 0 Å². The topological polar surface area (TPSA) is 68.5 Å². The molecular weight excluding hydrogens is 378 g/mol. The Morgan fingerprint density at radius 3 is 2.26 bits per heavy atom. The van der Waals surface area contributed by atoms with E-state index in [1.54, 1.807) is 0 Å². The van der Waals surface area contributed by atoms with Gasteiger partial charge in [-0.05, 0) is 25.0 Å². The first kappa shape index (κ1) is 17.5. The van der Waals surface area contributed by atoms with Crippen LogP contribution in [-0.4, -0.2) is 30.5 Å². The number of halogens is 6. The summed E-state index contributed by atoms with van der Waals surface area (Å²) in [6.45, 7) is 0. The normalized spacial score (nSPS) is 15.3. The molecule has 1 fully saturated rings. The van der Waals surface area contributed by atoms with Crippen molar-refractivity contribution in [3.05, 3.63) is 36.2 Å². The van der Waals surface area contributed by atoms with Gasteiger partial charge in [-0.3, -0.25) is 4.57 Å². The second-order valence-corrected chi connectivity index (χ2v) is 6.00. The van der Waals surface area contributed by atoms with Gasteiger partial charge in [-0.2, -0.15) is 26.3 Å². The molecule has 142 valence electrons. The Morgan fingerprint density at radius 2 is 1.70 bits per heavy atom. The summed E-state index contributed by atoms with van der Waals surface area (Å²) < 4.78 is 78.5.